The summed E-state index contributed by atoms with van der Waals surface area (Å²) >= 11 is 0. The number of benzene rings is 1. The van der Waals surface area contributed by atoms with E-state index in [1.807, 2.05) is 38.1 Å². The zero-order chi connectivity index (χ0) is 12.7. The molecule has 0 heterocycles. The van der Waals surface area contributed by atoms with Crippen LogP contribution in [0.1, 0.15) is 19.4 Å². The molecule has 0 atom stereocenters. The van der Waals surface area contributed by atoms with Crippen molar-refractivity contribution >= 4 is 5.91 Å². The second-order valence-electron chi connectivity index (χ2n) is 4.13. The van der Waals surface area contributed by atoms with Crippen molar-refractivity contribution < 1.29 is 9.53 Å². The highest BCUT2D eigenvalue weighted by atomic mass is 16.5. The lowest BCUT2D eigenvalue weighted by atomic mass is 10.1. The van der Waals surface area contributed by atoms with Gasteiger partial charge in [0.2, 0.25) is 5.91 Å². The van der Waals surface area contributed by atoms with Gasteiger partial charge in [0, 0.05) is 13.1 Å². The highest BCUT2D eigenvalue weighted by molar-refractivity contribution is 5.78. The zero-order valence-electron chi connectivity index (χ0n) is 10.4. The predicted octanol–water partition coefficient (Wildman–Crippen LogP) is 1.09. The molecular formula is C13H20N2O2. The number of carbonyl (C=O) groups excluding carboxylic acids is 1. The molecule has 1 aromatic carbocycles. The topological polar surface area (TPSA) is 64.3 Å². The van der Waals surface area contributed by atoms with E-state index in [1.165, 1.54) is 0 Å². The van der Waals surface area contributed by atoms with Crippen LogP contribution < -0.4 is 15.8 Å². The van der Waals surface area contributed by atoms with E-state index < -0.39 is 0 Å². The maximum absolute atomic E-state index is 11.5. The van der Waals surface area contributed by atoms with Crippen molar-refractivity contribution in [3.63, 3.8) is 0 Å². The molecule has 1 rings (SSSR count). The van der Waals surface area contributed by atoms with Crippen molar-refractivity contribution in [3.05, 3.63) is 29.8 Å². The summed E-state index contributed by atoms with van der Waals surface area (Å²) in [6.45, 7) is 4.92. The number of nitrogens with two attached hydrogens (primary N) is 1. The number of rotatable bonds is 6. The second-order valence-corrected chi connectivity index (χ2v) is 4.13. The van der Waals surface area contributed by atoms with Crippen LogP contribution in [-0.4, -0.2) is 25.1 Å². The molecule has 0 aliphatic heterocycles. The Morgan fingerprint density at radius 1 is 1.47 bits per heavy atom. The number of carbonyl (C=O) groups is 1. The first-order chi connectivity index (χ1) is 8.11. The maximum Gasteiger partial charge on any atom is 0.224 e. The van der Waals surface area contributed by atoms with E-state index in [4.69, 9.17) is 10.5 Å². The summed E-state index contributed by atoms with van der Waals surface area (Å²) < 4.78 is 5.57. The molecule has 0 aliphatic carbocycles. The molecule has 0 spiro atoms. The zero-order valence-corrected chi connectivity index (χ0v) is 10.4. The first-order valence-electron chi connectivity index (χ1n) is 5.84. The summed E-state index contributed by atoms with van der Waals surface area (Å²) in [5.74, 6) is 0.779. The Hall–Kier alpha value is -1.55. The lowest BCUT2D eigenvalue weighted by molar-refractivity contribution is -0.120. The molecular weight excluding hydrogens is 216 g/mol. The molecule has 0 aromatic heterocycles. The van der Waals surface area contributed by atoms with Crippen molar-refractivity contribution in [2.24, 2.45) is 5.73 Å². The van der Waals surface area contributed by atoms with Crippen LogP contribution in [0.3, 0.4) is 0 Å². The molecule has 17 heavy (non-hydrogen) atoms. The fourth-order valence-corrected chi connectivity index (χ4v) is 1.46. The average molecular weight is 236 g/mol. The van der Waals surface area contributed by atoms with Gasteiger partial charge in [-0.2, -0.15) is 0 Å². The van der Waals surface area contributed by atoms with Gasteiger partial charge in [0.1, 0.15) is 5.75 Å². The summed E-state index contributed by atoms with van der Waals surface area (Å²) in [4.78, 5) is 11.5. The number of hydrogen-bond donors (Lipinski definition) is 2. The third kappa shape index (κ3) is 5.36. The van der Waals surface area contributed by atoms with Gasteiger partial charge in [-0.3, -0.25) is 4.79 Å². The minimum atomic E-state index is -0.0165. The summed E-state index contributed by atoms with van der Waals surface area (Å²) in [5, 5.41) is 2.74. The third-order valence-corrected chi connectivity index (χ3v) is 2.10. The van der Waals surface area contributed by atoms with Crippen molar-refractivity contribution in [1.82, 2.24) is 5.32 Å². The fraction of sp³-hybridized carbons (Fsp3) is 0.462. The van der Waals surface area contributed by atoms with E-state index in [0.717, 1.165) is 11.3 Å². The van der Waals surface area contributed by atoms with Gasteiger partial charge < -0.3 is 15.8 Å². The molecule has 0 fully saturated rings. The first kappa shape index (κ1) is 13.5. The third-order valence-electron chi connectivity index (χ3n) is 2.10. The molecule has 0 bridgehead atoms. The Morgan fingerprint density at radius 2 is 2.24 bits per heavy atom. The molecule has 1 aromatic rings. The van der Waals surface area contributed by atoms with E-state index >= 15 is 0 Å². The van der Waals surface area contributed by atoms with Crippen molar-refractivity contribution in [1.29, 1.82) is 0 Å². The van der Waals surface area contributed by atoms with Gasteiger partial charge in [0.05, 0.1) is 12.5 Å². The lowest BCUT2D eigenvalue weighted by Crippen LogP contribution is -2.30. The van der Waals surface area contributed by atoms with Crippen molar-refractivity contribution in [2.75, 3.05) is 13.1 Å². The van der Waals surface area contributed by atoms with Crippen LogP contribution in [0.4, 0.5) is 0 Å². The van der Waals surface area contributed by atoms with Crippen molar-refractivity contribution in [2.45, 2.75) is 26.4 Å². The molecule has 4 nitrogen and oxygen atoms in total. The average Bonchev–Trinajstić information content (AvgIpc) is 2.26. The highest BCUT2D eigenvalue weighted by Crippen LogP contribution is 2.15. The quantitative estimate of drug-likeness (QED) is 0.777. The summed E-state index contributed by atoms with van der Waals surface area (Å²) in [6.07, 6.45) is 0.492. The Labute approximate surface area is 102 Å². The molecule has 4 heteroatoms. The minimum Gasteiger partial charge on any atom is -0.491 e. The van der Waals surface area contributed by atoms with Crippen LogP contribution in [-0.2, 0) is 11.2 Å². The van der Waals surface area contributed by atoms with E-state index in [2.05, 4.69) is 5.32 Å². The molecule has 0 saturated carbocycles. The Bertz CT molecular complexity index is 364. The highest BCUT2D eigenvalue weighted by Gasteiger charge is 2.04. The van der Waals surface area contributed by atoms with Gasteiger partial charge in [-0.15, -0.1) is 0 Å². The van der Waals surface area contributed by atoms with E-state index in [9.17, 15) is 4.79 Å². The molecule has 0 aliphatic rings. The normalized spacial score (nSPS) is 10.4. The first-order valence-corrected chi connectivity index (χ1v) is 5.84. The smallest absolute Gasteiger partial charge is 0.224 e. The van der Waals surface area contributed by atoms with Crippen molar-refractivity contribution in [3.8, 4) is 5.75 Å². The maximum atomic E-state index is 11.5. The minimum absolute atomic E-state index is 0.0165. The Balaban J connectivity index is 2.56. The Kier molecular flexibility index (Phi) is 5.49. The number of hydrogen-bond acceptors (Lipinski definition) is 3. The molecule has 0 saturated heterocycles. The van der Waals surface area contributed by atoms with Crippen LogP contribution in [0, 0.1) is 0 Å². The molecule has 1 amide bonds. The molecule has 0 radical (unpaired) electrons. The fourth-order valence-electron chi connectivity index (χ4n) is 1.46. The van der Waals surface area contributed by atoms with Crippen LogP contribution >= 0.6 is 0 Å². The number of ether oxygens (including phenoxy) is 1. The van der Waals surface area contributed by atoms with E-state index in [1.54, 1.807) is 0 Å². The van der Waals surface area contributed by atoms with Gasteiger partial charge in [0.15, 0.2) is 0 Å². The summed E-state index contributed by atoms with van der Waals surface area (Å²) in [7, 11) is 0. The summed E-state index contributed by atoms with van der Waals surface area (Å²) in [6, 6.07) is 7.59. The summed E-state index contributed by atoms with van der Waals surface area (Å²) in [5.41, 5.74) is 6.26. The number of amides is 1. The van der Waals surface area contributed by atoms with Gasteiger partial charge in [-0.05, 0) is 31.5 Å². The standard InChI is InChI=1S/C13H20N2O2/c1-10(2)17-12-5-3-4-11(8-12)9-13(16)15-7-6-14/h3-5,8,10H,6-7,9,14H2,1-2H3,(H,15,16). The van der Waals surface area contributed by atoms with Gasteiger partial charge in [-0.1, -0.05) is 12.1 Å². The lowest BCUT2D eigenvalue weighted by Gasteiger charge is -2.10. The number of nitrogens with one attached hydrogen (secondary N) is 1. The van der Waals surface area contributed by atoms with E-state index in [0.29, 0.717) is 19.5 Å². The Morgan fingerprint density at radius 3 is 2.88 bits per heavy atom. The predicted molar refractivity (Wildman–Crippen MR) is 68.0 cm³/mol. The van der Waals surface area contributed by atoms with E-state index in [-0.39, 0.29) is 12.0 Å². The van der Waals surface area contributed by atoms with Crippen LogP contribution in [0.15, 0.2) is 24.3 Å². The molecule has 0 unspecified atom stereocenters. The van der Waals surface area contributed by atoms with Crippen LogP contribution in [0.5, 0.6) is 5.75 Å². The molecule has 94 valence electrons. The SMILES string of the molecule is CC(C)Oc1cccc(CC(=O)NCCN)c1. The van der Waals surface area contributed by atoms with Gasteiger partial charge >= 0.3 is 0 Å². The van der Waals surface area contributed by atoms with Gasteiger partial charge in [-0.25, -0.2) is 0 Å². The monoisotopic (exact) mass is 236 g/mol. The van der Waals surface area contributed by atoms with Gasteiger partial charge in [0.25, 0.3) is 0 Å². The largest absolute Gasteiger partial charge is 0.491 e. The second kappa shape index (κ2) is 6.91. The molecule has 3 N–H and O–H groups in total. The van der Waals surface area contributed by atoms with Crippen LogP contribution in [0.2, 0.25) is 0 Å². The van der Waals surface area contributed by atoms with Crippen LogP contribution in [0.25, 0.3) is 0 Å².